The Bertz CT molecular complexity index is 1070. The molecule has 0 aliphatic heterocycles. The van der Waals surface area contributed by atoms with Gasteiger partial charge in [-0.3, -0.25) is 9.59 Å². The third kappa shape index (κ3) is 6.15. The van der Waals surface area contributed by atoms with E-state index in [4.69, 9.17) is 16.3 Å². The Hall–Kier alpha value is -3.71. The molecule has 0 saturated carbocycles. The molecule has 0 unspecified atom stereocenters. The number of halogens is 2. The summed E-state index contributed by atoms with van der Waals surface area (Å²) in [6, 6.07) is 19.6. The highest BCUT2D eigenvalue weighted by atomic mass is 35.5. The van der Waals surface area contributed by atoms with Crippen molar-refractivity contribution in [2.45, 2.75) is 6.61 Å². The predicted molar refractivity (Wildman–Crippen MR) is 113 cm³/mol. The standard InChI is InChI=1S/C22H17ClFN3O3/c23-19-6-1-2-7-20(19)26-21(28)22(29)27-25-13-15-8-10-18(11-9-15)30-14-16-4-3-5-17(24)12-16/h1-13H,14H2,(H,26,28)(H,27,29)/b25-13+. The van der Waals surface area contributed by atoms with Crippen LogP contribution in [0.4, 0.5) is 10.1 Å². The minimum Gasteiger partial charge on any atom is -0.489 e. The normalized spacial score (nSPS) is 10.6. The van der Waals surface area contributed by atoms with Gasteiger partial charge in [-0.05, 0) is 59.7 Å². The van der Waals surface area contributed by atoms with Crippen LogP contribution in [-0.4, -0.2) is 18.0 Å². The second kappa shape index (κ2) is 10.2. The summed E-state index contributed by atoms with van der Waals surface area (Å²) >= 11 is 5.93. The molecule has 8 heteroatoms. The first-order chi connectivity index (χ1) is 14.5. The zero-order valence-corrected chi connectivity index (χ0v) is 16.4. The van der Waals surface area contributed by atoms with E-state index in [0.29, 0.717) is 22.0 Å². The second-order valence-corrected chi connectivity index (χ2v) is 6.53. The van der Waals surface area contributed by atoms with E-state index in [1.54, 1.807) is 60.7 Å². The van der Waals surface area contributed by atoms with Crippen LogP contribution >= 0.6 is 11.6 Å². The van der Waals surface area contributed by atoms with Gasteiger partial charge in [-0.15, -0.1) is 0 Å². The number of benzene rings is 3. The van der Waals surface area contributed by atoms with Crippen molar-refractivity contribution in [3.63, 3.8) is 0 Å². The van der Waals surface area contributed by atoms with E-state index in [-0.39, 0.29) is 12.4 Å². The van der Waals surface area contributed by atoms with Crippen molar-refractivity contribution in [2.24, 2.45) is 5.10 Å². The minimum atomic E-state index is -0.929. The largest absolute Gasteiger partial charge is 0.489 e. The van der Waals surface area contributed by atoms with E-state index in [1.807, 2.05) is 0 Å². The molecule has 0 fully saturated rings. The first-order valence-electron chi connectivity index (χ1n) is 8.87. The Morgan fingerprint density at radius 3 is 2.50 bits per heavy atom. The van der Waals surface area contributed by atoms with Gasteiger partial charge >= 0.3 is 11.8 Å². The highest BCUT2D eigenvalue weighted by Crippen LogP contribution is 2.20. The number of carbonyl (C=O) groups is 2. The van der Waals surface area contributed by atoms with E-state index in [1.165, 1.54) is 18.3 Å². The van der Waals surface area contributed by atoms with Gasteiger partial charge in [0.15, 0.2) is 0 Å². The van der Waals surface area contributed by atoms with Gasteiger partial charge in [0.25, 0.3) is 0 Å². The average molecular weight is 426 g/mol. The average Bonchev–Trinajstić information content (AvgIpc) is 2.75. The van der Waals surface area contributed by atoms with E-state index in [2.05, 4.69) is 15.8 Å². The van der Waals surface area contributed by atoms with Crippen molar-refractivity contribution < 1.29 is 18.7 Å². The summed E-state index contributed by atoms with van der Waals surface area (Å²) in [5.41, 5.74) is 3.88. The molecule has 3 rings (SSSR count). The van der Waals surface area contributed by atoms with Gasteiger partial charge in [0.1, 0.15) is 18.2 Å². The molecule has 0 aromatic heterocycles. The first-order valence-corrected chi connectivity index (χ1v) is 9.25. The lowest BCUT2D eigenvalue weighted by atomic mass is 10.2. The Balaban J connectivity index is 1.48. The Morgan fingerprint density at radius 1 is 1.00 bits per heavy atom. The summed E-state index contributed by atoms with van der Waals surface area (Å²) in [4.78, 5) is 23.7. The Morgan fingerprint density at radius 2 is 1.77 bits per heavy atom. The Kier molecular flexibility index (Phi) is 7.13. The molecule has 0 spiro atoms. The van der Waals surface area contributed by atoms with Crippen molar-refractivity contribution in [3.8, 4) is 5.75 Å². The molecule has 0 atom stereocenters. The number of para-hydroxylation sites is 1. The monoisotopic (exact) mass is 425 g/mol. The number of nitrogens with one attached hydrogen (secondary N) is 2. The zero-order chi connectivity index (χ0) is 21.3. The van der Waals surface area contributed by atoms with Crippen LogP contribution in [-0.2, 0) is 16.2 Å². The summed E-state index contributed by atoms with van der Waals surface area (Å²) in [5.74, 6) is -1.53. The number of anilines is 1. The summed E-state index contributed by atoms with van der Waals surface area (Å²) in [7, 11) is 0. The van der Waals surface area contributed by atoms with Crippen LogP contribution in [0.2, 0.25) is 5.02 Å². The molecule has 2 amide bonds. The fourth-order valence-corrected chi connectivity index (χ4v) is 2.58. The number of hydrogen-bond acceptors (Lipinski definition) is 4. The van der Waals surface area contributed by atoms with E-state index >= 15 is 0 Å². The number of hydrogen-bond donors (Lipinski definition) is 2. The molecule has 6 nitrogen and oxygen atoms in total. The van der Waals surface area contributed by atoms with Gasteiger partial charge in [0.2, 0.25) is 0 Å². The van der Waals surface area contributed by atoms with Crippen LogP contribution < -0.4 is 15.5 Å². The predicted octanol–water partition coefficient (Wildman–Crippen LogP) is 4.15. The summed E-state index contributed by atoms with van der Waals surface area (Å²) < 4.78 is 18.8. The lowest BCUT2D eigenvalue weighted by Crippen LogP contribution is -2.32. The molecule has 3 aromatic carbocycles. The SMILES string of the molecule is O=C(N/N=C/c1ccc(OCc2cccc(F)c2)cc1)C(=O)Nc1ccccc1Cl. The molecule has 152 valence electrons. The van der Waals surface area contributed by atoms with Crippen molar-refractivity contribution in [1.29, 1.82) is 0 Å². The molecule has 3 aromatic rings. The van der Waals surface area contributed by atoms with E-state index < -0.39 is 11.8 Å². The number of carbonyl (C=O) groups excluding carboxylic acids is 2. The van der Waals surface area contributed by atoms with Gasteiger partial charge in [0.05, 0.1) is 16.9 Å². The number of amides is 2. The van der Waals surface area contributed by atoms with Crippen LogP contribution in [0.15, 0.2) is 77.9 Å². The molecule has 0 bridgehead atoms. The molecular formula is C22H17ClFN3O3. The lowest BCUT2D eigenvalue weighted by molar-refractivity contribution is -0.136. The molecule has 0 aliphatic carbocycles. The molecule has 0 aliphatic rings. The number of rotatable bonds is 6. The van der Waals surface area contributed by atoms with Gasteiger partial charge in [-0.1, -0.05) is 35.9 Å². The van der Waals surface area contributed by atoms with Gasteiger partial charge < -0.3 is 10.1 Å². The molecule has 0 saturated heterocycles. The highest BCUT2D eigenvalue weighted by Gasteiger charge is 2.14. The van der Waals surface area contributed by atoms with Crippen LogP contribution in [0.3, 0.4) is 0 Å². The summed E-state index contributed by atoms with van der Waals surface area (Å²) in [6.45, 7) is 0.238. The lowest BCUT2D eigenvalue weighted by Gasteiger charge is -2.06. The van der Waals surface area contributed by atoms with Crippen molar-refractivity contribution in [1.82, 2.24) is 5.43 Å². The highest BCUT2D eigenvalue weighted by molar-refractivity contribution is 6.41. The van der Waals surface area contributed by atoms with E-state index in [0.717, 1.165) is 5.56 Å². The minimum absolute atomic E-state index is 0.238. The third-order valence-corrected chi connectivity index (χ3v) is 4.21. The van der Waals surface area contributed by atoms with Crippen LogP contribution in [0.1, 0.15) is 11.1 Å². The molecular weight excluding hydrogens is 409 g/mol. The van der Waals surface area contributed by atoms with Crippen molar-refractivity contribution >= 4 is 35.3 Å². The molecule has 0 heterocycles. The molecule has 0 radical (unpaired) electrons. The fourth-order valence-electron chi connectivity index (χ4n) is 2.40. The maximum atomic E-state index is 13.2. The van der Waals surface area contributed by atoms with Gasteiger partial charge in [-0.25, -0.2) is 9.82 Å². The number of nitrogens with zero attached hydrogens (tertiary/aromatic N) is 1. The maximum Gasteiger partial charge on any atom is 0.329 e. The smallest absolute Gasteiger partial charge is 0.329 e. The zero-order valence-electron chi connectivity index (χ0n) is 15.6. The quantitative estimate of drug-likeness (QED) is 0.354. The van der Waals surface area contributed by atoms with Crippen LogP contribution in [0, 0.1) is 5.82 Å². The first kappa shape index (κ1) is 21.0. The second-order valence-electron chi connectivity index (χ2n) is 6.12. The third-order valence-electron chi connectivity index (χ3n) is 3.88. The van der Waals surface area contributed by atoms with E-state index in [9.17, 15) is 14.0 Å². The summed E-state index contributed by atoms with van der Waals surface area (Å²) in [6.07, 6.45) is 1.39. The van der Waals surface area contributed by atoms with Gasteiger partial charge in [0, 0.05) is 0 Å². The molecule has 2 N–H and O–H groups in total. The topological polar surface area (TPSA) is 79.8 Å². The number of hydrazone groups is 1. The van der Waals surface area contributed by atoms with Crippen LogP contribution in [0.5, 0.6) is 5.75 Å². The maximum absolute atomic E-state index is 13.2. The Labute approximate surface area is 177 Å². The summed E-state index contributed by atoms with van der Waals surface area (Å²) in [5, 5.41) is 6.48. The van der Waals surface area contributed by atoms with Crippen molar-refractivity contribution in [3.05, 3.63) is 94.8 Å². The van der Waals surface area contributed by atoms with Crippen LogP contribution in [0.25, 0.3) is 0 Å². The van der Waals surface area contributed by atoms with Gasteiger partial charge in [-0.2, -0.15) is 5.10 Å². The number of ether oxygens (including phenoxy) is 1. The molecule has 30 heavy (non-hydrogen) atoms. The van der Waals surface area contributed by atoms with Crippen molar-refractivity contribution in [2.75, 3.05) is 5.32 Å². The fraction of sp³-hybridized carbons (Fsp3) is 0.0455.